The van der Waals surface area contributed by atoms with Crippen LogP contribution in [-0.2, 0) is 25.5 Å². The molecule has 0 unspecified atom stereocenters. The number of amides is 1. The molecule has 0 aliphatic carbocycles. The third-order valence-corrected chi connectivity index (χ3v) is 3.73. The maximum absolute atomic E-state index is 11.9. The van der Waals surface area contributed by atoms with E-state index >= 15 is 0 Å². The Kier molecular flexibility index (Phi) is 6.30. The van der Waals surface area contributed by atoms with E-state index in [1.54, 1.807) is 6.07 Å². The lowest BCUT2D eigenvalue weighted by atomic mass is 9.92. The highest BCUT2D eigenvalue weighted by atomic mass is 16.5. The Labute approximate surface area is 136 Å². The van der Waals surface area contributed by atoms with Gasteiger partial charge < -0.3 is 14.8 Å². The highest BCUT2D eigenvalue weighted by Crippen LogP contribution is 2.28. The van der Waals surface area contributed by atoms with E-state index in [4.69, 9.17) is 9.47 Å². The summed E-state index contributed by atoms with van der Waals surface area (Å²) in [5, 5.41) is 2.60. The summed E-state index contributed by atoms with van der Waals surface area (Å²) in [7, 11) is 1.28. The van der Waals surface area contributed by atoms with E-state index in [9.17, 15) is 14.4 Å². The van der Waals surface area contributed by atoms with Gasteiger partial charge in [0.05, 0.1) is 7.11 Å². The van der Waals surface area contributed by atoms with E-state index in [-0.39, 0.29) is 11.9 Å². The SMILES string of the molecule is COC(=O)[C@H](Cc1c(C)cc(OC(C)=O)c(C)c1C)NC(C)=O. The minimum Gasteiger partial charge on any atom is -0.467 e. The zero-order valence-electron chi connectivity index (χ0n) is 14.4. The molecule has 0 heterocycles. The molecule has 1 rings (SSSR count). The van der Waals surface area contributed by atoms with E-state index in [0.717, 1.165) is 22.3 Å². The van der Waals surface area contributed by atoms with Crippen LogP contribution in [0.25, 0.3) is 0 Å². The largest absolute Gasteiger partial charge is 0.467 e. The van der Waals surface area contributed by atoms with E-state index in [1.165, 1.54) is 21.0 Å². The average molecular weight is 321 g/mol. The van der Waals surface area contributed by atoms with Crippen molar-refractivity contribution in [1.29, 1.82) is 0 Å². The van der Waals surface area contributed by atoms with Crippen LogP contribution in [0.3, 0.4) is 0 Å². The fourth-order valence-electron chi connectivity index (χ4n) is 2.46. The molecular weight excluding hydrogens is 298 g/mol. The van der Waals surface area contributed by atoms with Gasteiger partial charge in [-0.15, -0.1) is 0 Å². The van der Waals surface area contributed by atoms with Crippen LogP contribution in [0.4, 0.5) is 0 Å². The van der Waals surface area contributed by atoms with Gasteiger partial charge in [-0.05, 0) is 49.1 Å². The number of carbonyl (C=O) groups excluding carboxylic acids is 3. The molecule has 23 heavy (non-hydrogen) atoms. The molecule has 6 nitrogen and oxygen atoms in total. The van der Waals surface area contributed by atoms with Crippen molar-refractivity contribution < 1.29 is 23.9 Å². The van der Waals surface area contributed by atoms with Crippen molar-refractivity contribution >= 4 is 17.8 Å². The Hall–Kier alpha value is -2.37. The molecule has 0 aromatic heterocycles. The predicted molar refractivity (Wildman–Crippen MR) is 85.3 cm³/mol. The summed E-state index contributed by atoms with van der Waals surface area (Å²) in [5.74, 6) is -0.680. The third-order valence-electron chi connectivity index (χ3n) is 3.73. The number of rotatable bonds is 5. The van der Waals surface area contributed by atoms with Crippen LogP contribution < -0.4 is 10.1 Å². The molecule has 0 bridgehead atoms. The molecule has 1 N–H and O–H groups in total. The first-order valence-corrected chi connectivity index (χ1v) is 7.30. The van der Waals surface area contributed by atoms with Gasteiger partial charge in [-0.2, -0.15) is 0 Å². The molecular formula is C17H23NO5. The average Bonchev–Trinajstić information content (AvgIpc) is 2.46. The molecule has 0 saturated heterocycles. The summed E-state index contributed by atoms with van der Waals surface area (Å²) >= 11 is 0. The van der Waals surface area contributed by atoms with Crippen molar-refractivity contribution in [2.75, 3.05) is 7.11 Å². The van der Waals surface area contributed by atoms with Crippen molar-refractivity contribution in [3.8, 4) is 5.75 Å². The molecule has 1 atom stereocenters. The number of hydrogen-bond donors (Lipinski definition) is 1. The van der Waals surface area contributed by atoms with Crippen LogP contribution in [-0.4, -0.2) is 31.0 Å². The summed E-state index contributed by atoms with van der Waals surface area (Å²) in [5.41, 5.74) is 3.54. The van der Waals surface area contributed by atoms with Crippen molar-refractivity contribution in [2.24, 2.45) is 0 Å². The number of carbonyl (C=O) groups is 3. The quantitative estimate of drug-likeness (QED) is 0.660. The topological polar surface area (TPSA) is 81.7 Å². The van der Waals surface area contributed by atoms with E-state index in [1.807, 2.05) is 20.8 Å². The molecule has 1 aromatic rings. The highest BCUT2D eigenvalue weighted by molar-refractivity contribution is 5.83. The van der Waals surface area contributed by atoms with Crippen LogP contribution >= 0.6 is 0 Å². The Morgan fingerprint density at radius 2 is 1.74 bits per heavy atom. The van der Waals surface area contributed by atoms with Crippen LogP contribution in [0.15, 0.2) is 6.07 Å². The summed E-state index contributed by atoms with van der Waals surface area (Å²) in [6.07, 6.45) is 0.311. The smallest absolute Gasteiger partial charge is 0.328 e. The van der Waals surface area contributed by atoms with Crippen molar-refractivity contribution in [2.45, 2.75) is 47.1 Å². The predicted octanol–water partition coefficient (Wildman–Crippen LogP) is 1.76. The third kappa shape index (κ3) is 4.81. The number of benzene rings is 1. The Morgan fingerprint density at radius 1 is 1.13 bits per heavy atom. The Morgan fingerprint density at radius 3 is 2.22 bits per heavy atom. The fourth-order valence-corrected chi connectivity index (χ4v) is 2.46. The van der Waals surface area contributed by atoms with Crippen molar-refractivity contribution in [1.82, 2.24) is 5.32 Å². The van der Waals surface area contributed by atoms with Crippen LogP contribution in [0.5, 0.6) is 5.75 Å². The number of ether oxygens (including phenoxy) is 2. The Bertz CT molecular complexity index is 636. The second kappa shape index (κ2) is 7.76. The maximum atomic E-state index is 11.9. The number of aryl methyl sites for hydroxylation is 1. The summed E-state index contributed by atoms with van der Waals surface area (Å²) in [4.78, 5) is 34.3. The van der Waals surface area contributed by atoms with Gasteiger partial charge in [-0.1, -0.05) is 0 Å². The molecule has 1 aromatic carbocycles. The van der Waals surface area contributed by atoms with Gasteiger partial charge in [0.1, 0.15) is 11.8 Å². The molecule has 0 spiro atoms. The molecule has 0 aliphatic heterocycles. The lowest BCUT2D eigenvalue weighted by Gasteiger charge is -2.20. The maximum Gasteiger partial charge on any atom is 0.328 e. The molecule has 126 valence electrons. The highest BCUT2D eigenvalue weighted by Gasteiger charge is 2.23. The minimum atomic E-state index is -0.756. The van der Waals surface area contributed by atoms with E-state index in [2.05, 4.69) is 5.32 Å². The van der Waals surface area contributed by atoms with Gasteiger partial charge in [0.25, 0.3) is 0 Å². The van der Waals surface area contributed by atoms with Crippen LogP contribution in [0.1, 0.15) is 36.1 Å². The van der Waals surface area contributed by atoms with Gasteiger partial charge >= 0.3 is 11.9 Å². The van der Waals surface area contributed by atoms with Gasteiger partial charge in [0.15, 0.2) is 0 Å². The lowest BCUT2D eigenvalue weighted by Crippen LogP contribution is -2.42. The molecule has 0 aliphatic rings. The van der Waals surface area contributed by atoms with E-state index < -0.39 is 12.0 Å². The van der Waals surface area contributed by atoms with Crippen LogP contribution in [0.2, 0.25) is 0 Å². The fraction of sp³-hybridized carbons (Fsp3) is 0.471. The molecule has 0 radical (unpaired) electrons. The van der Waals surface area contributed by atoms with Crippen LogP contribution in [0, 0.1) is 20.8 Å². The van der Waals surface area contributed by atoms with Gasteiger partial charge in [-0.3, -0.25) is 9.59 Å². The van der Waals surface area contributed by atoms with Gasteiger partial charge in [0.2, 0.25) is 5.91 Å². The first kappa shape index (κ1) is 18.7. The summed E-state index contributed by atoms with van der Waals surface area (Å²) in [6.45, 7) is 8.32. The van der Waals surface area contributed by atoms with Gasteiger partial charge in [-0.25, -0.2) is 4.79 Å². The second-order valence-electron chi connectivity index (χ2n) is 5.49. The molecule has 6 heteroatoms. The molecule has 1 amide bonds. The molecule has 0 saturated carbocycles. The summed E-state index contributed by atoms with van der Waals surface area (Å²) < 4.78 is 9.95. The van der Waals surface area contributed by atoms with Crippen molar-refractivity contribution in [3.63, 3.8) is 0 Å². The zero-order valence-corrected chi connectivity index (χ0v) is 14.4. The number of hydrogen-bond acceptors (Lipinski definition) is 5. The summed E-state index contributed by atoms with van der Waals surface area (Å²) in [6, 6.07) is 1.01. The van der Waals surface area contributed by atoms with Crippen molar-refractivity contribution in [3.05, 3.63) is 28.3 Å². The minimum absolute atomic E-state index is 0.302. The number of esters is 2. The first-order chi connectivity index (χ1) is 10.7. The standard InChI is InChI=1S/C17H23NO5/c1-9-7-16(23-13(5)20)11(3)10(2)14(9)8-15(17(21)22-6)18-12(4)19/h7,15H,8H2,1-6H3,(H,18,19)/t15-/m0/s1. The number of nitrogens with one attached hydrogen (secondary N) is 1. The van der Waals surface area contributed by atoms with Gasteiger partial charge in [0, 0.05) is 20.3 Å². The lowest BCUT2D eigenvalue weighted by molar-refractivity contribution is -0.144. The normalized spacial score (nSPS) is 11.6. The second-order valence-corrected chi connectivity index (χ2v) is 5.49. The molecule has 0 fully saturated rings. The first-order valence-electron chi connectivity index (χ1n) is 7.30. The number of methoxy groups -OCH3 is 1. The van der Waals surface area contributed by atoms with E-state index in [0.29, 0.717) is 12.2 Å². The Balaban J connectivity index is 3.21. The zero-order chi connectivity index (χ0) is 17.7. The monoisotopic (exact) mass is 321 g/mol.